The molecular formula is C27H26F2N2O3S. The smallest absolute Gasteiger partial charge is 0.257 e. The van der Waals surface area contributed by atoms with Gasteiger partial charge in [-0.1, -0.05) is 18.2 Å². The summed E-state index contributed by atoms with van der Waals surface area (Å²) in [5, 5.41) is 1.99. The van der Waals surface area contributed by atoms with Crippen LogP contribution in [-0.2, 0) is 11.2 Å². The van der Waals surface area contributed by atoms with Gasteiger partial charge in [-0.3, -0.25) is 9.59 Å². The van der Waals surface area contributed by atoms with Crippen molar-refractivity contribution in [3.05, 3.63) is 87.6 Å². The lowest BCUT2D eigenvalue weighted by Crippen LogP contribution is -2.48. The first-order chi connectivity index (χ1) is 17.0. The van der Waals surface area contributed by atoms with E-state index in [0.717, 1.165) is 24.8 Å². The first-order valence-corrected chi connectivity index (χ1v) is 12.7. The van der Waals surface area contributed by atoms with Gasteiger partial charge in [0.1, 0.15) is 30.5 Å². The molecule has 0 saturated heterocycles. The van der Waals surface area contributed by atoms with E-state index in [-0.39, 0.29) is 30.7 Å². The molecule has 1 fully saturated rings. The first-order valence-electron chi connectivity index (χ1n) is 11.8. The molecule has 1 atom stereocenters. The number of thiophene rings is 1. The molecule has 2 heterocycles. The lowest BCUT2D eigenvalue weighted by molar-refractivity contribution is -0.135. The number of hydrogen-bond donors (Lipinski definition) is 0. The highest BCUT2D eigenvalue weighted by Gasteiger charge is 2.35. The molecule has 0 spiro atoms. The molecule has 1 saturated carbocycles. The maximum atomic E-state index is 14.3. The van der Waals surface area contributed by atoms with Crippen LogP contribution in [0.5, 0.6) is 5.75 Å². The highest BCUT2D eigenvalue weighted by atomic mass is 32.1. The number of benzene rings is 2. The number of ether oxygens (including phenoxy) is 1. The Morgan fingerprint density at radius 3 is 2.69 bits per heavy atom. The Hall–Kier alpha value is -3.26. The van der Waals surface area contributed by atoms with Crippen molar-refractivity contribution in [1.82, 2.24) is 9.80 Å². The van der Waals surface area contributed by atoms with Crippen molar-refractivity contribution in [3.63, 3.8) is 0 Å². The molecule has 1 aromatic heterocycles. The molecule has 0 N–H and O–H groups in total. The number of rotatable bonds is 8. The molecular weight excluding hydrogens is 470 g/mol. The molecule has 1 aliphatic carbocycles. The second-order valence-corrected chi connectivity index (χ2v) is 10.0. The van der Waals surface area contributed by atoms with Gasteiger partial charge in [0, 0.05) is 24.0 Å². The fourth-order valence-corrected chi connectivity index (χ4v) is 5.43. The van der Waals surface area contributed by atoms with Gasteiger partial charge >= 0.3 is 0 Å². The van der Waals surface area contributed by atoms with Crippen LogP contribution in [0.2, 0.25) is 0 Å². The molecule has 3 aromatic rings. The van der Waals surface area contributed by atoms with Crippen LogP contribution in [0.25, 0.3) is 0 Å². The Labute approximate surface area is 206 Å². The lowest BCUT2D eigenvalue weighted by Gasteiger charge is -2.37. The summed E-state index contributed by atoms with van der Waals surface area (Å²) in [4.78, 5) is 31.2. The van der Waals surface area contributed by atoms with Gasteiger partial charge < -0.3 is 14.5 Å². The van der Waals surface area contributed by atoms with Crippen molar-refractivity contribution in [1.29, 1.82) is 0 Å². The molecule has 35 heavy (non-hydrogen) atoms. The van der Waals surface area contributed by atoms with Gasteiger partial charge in [0.25, 0.3) is 5.91 Å². The number of fused-ring (bicyclic) bond motifs is 1. The van der Waals surface area contributed by atoms with Gasteiger partial charge in [-0.05, 0) is 66.5 Å². The fraction of sp³-hybridized carbons (Fsp3) is 0.333. The summed E-state index contributed by atoms with van der Waals surface area (Å²) in [5.74, 6) is -0.921. The van der Waals surface area contributed by atoms with Gasteiger partial charge in [-0.15, -0.1) is 11.3 Å². The Kier molecular flexibility index (Phi) is 6.81. The SMILES string of the molecule is O=C(c1ccccc1F)N(CC(=O)N1CCc2sccc2[C@H]1COc1cccc(F)c1)CC1CC1. The Morgan fingerprint density at radius 2 is 1.91 bits per heavy atom. The Bertz CT molecular complexity index is 1230. The Morgan fingerprint density at radius 1 is 1.09 bits per heavy atom. The average molecular weight is 497 g/mol. The van der Waals surface area contributed by atoms with Crippen molar-refractivity contribution in [2.45, 2.75) is 25.3 Å². The second kappa shape index (κ2) is 10.2. The largest absolute Gasteiger partial charge is 0.491 e. The van der Waals surface area contributed by atoms with Crippen molar-refractivity contribution in [2.24, 2.45) is 5.92 Å². The van der Waals surface area contributed by atoms with E-state index in [1.54, 1.807) is 34.4 Å². The molecule has 2 amide bonds. The summed E-state index contributed by atoms with van der Waals surface area (Å²) >= 11 is 1.64. The normalized spacial score (nSPS) is 17.1. The summed E-state index contributed by atoms with van der Waals surface area (Å²) in [6.45, 7) is 0.970. The predicted molar refractivity (Wildman–Crippen MR) is 129 cm³/mol. The lowest BCUT2D eigenvalue weighted by atomic mass is 10.00. The summed E-state index contributed by atoms with van der Waals surface area (Å²) in [5.41, 5.74) is 0.992. The van der Waals surface area contributed by atoms with Gasteiger partial charge in [0.15, 0.2) is 0 Å². The van der Waals surface area contributed by atoms with Crippen LogP contribution < -0.4 is 4.74 Å². The van der Waals surface area contributed by atoms with Crippen LogP contribution in [-0.4, -0.2) is 47.9 Å². The minimum atomic E-state index is -0.590. The summed E-state index contributed by atoms with van der Waals surface area (Å²) < 4.78 is 33.8. The van der Waals surface area contributed by atoms with Crippen molar-refractivity contribution in [3.8, 4) is 5.75 Å². The average Bonchev–Trinajstić information content (AvgIpc) is 3.54. The monoisotopic (exact) mass is 496 g/mol. The van der Waals surface area contributed by atoms with Crippen LogP contribution in [0.1, 0.15) is 39.7 Å². The number of hydrogen-bond acceptors (Lipinski definition) is 4. The third-order valence-corrected chi connectivity index (χ3v) is 7.51. The van der Waals surface area contributed by atoms with E-state index in [0.29, 0.717) is 24.8 Å². The maximum Gasteiger partial charge on any atom is 0.257 e. The summed E-state index contributed by atoms with van der Waals surface area (Å²) in [6.07, 6.45) is 2.72. The molecule has 182 valence electrons. The van der Waals surface area contributed by atoms with E-state index in [9.17, 15) is 18.4 Å². The van der Waals surface area contributed by atoms with E-state index in [2.05, 4.69) is 0 Å². The summed E-state index contributed by atoms with van der Waals surface area (Å²) in [7, 11) is 0. The van der Waals surface area contributed by atoms with E-state index in [4.69, 9.17) is 4.74 Å². The second-order valence-electron chi connectivity index (χ2n) is 9.03. The minimum absolute atomic E-state index is 0.0225. The maximum absolute atomic E-state index is 14.3. The van der Waals surface area contributed by atoms with E-state index in [1.807, 2.05) is 11.4 Å². The van der Waals surface area contributed by atoms with Crippen molar-refractivity contribution < 1.29 is 23.1 Å². The Balaban J connectivity index is 1.35. The van der Waals surface area contributed by atoms with Gasteiger partial charge in [-0.2, -0.15) is 0 Å². The number of carbonyl (C=O) groups is 2. The molecule has 2 aliphatic rings. The van der Waals surface area contributed by atoms with Crippen LogP contribution in [0.4, 0.5) is 8.78 Å². The van der Waals surface area contributed by atoms with E-state index >= 15 is 0 Å². The van der Waals surface area contributed by atoms with Gasteiger partial charge in [-0.25, -0.2) is 8.78 Å². The third-order valence-electron chi connectivity index (χ3n) is 6.51. The van der Waals surface area contributed by atoms with Crippen molar-refractivity contribution in [2.75, 3.05) is 26.2 Å². The molecule has 2 aromatic carbocycles. The number of amides is 2. The molecule has 5 rings (SSSR count). The van der Waals surface area contributed by atoms with Crippen molar-refractivity contribution >= 4 is 23.2 Å². The van der Waals surface area contributed by atoms with E-state index < -0.39 is 17.5 Å². The molecule has 1 aliphatic heterocycles. The van der Waals surface area contributed by atoms with Gasteiger partial charge in [0.05, 0.1) is 11.6 Å². The molecule has 0 unspecified atom stereocenters. The summed E-state index contributed by atoms with van der Waals surface area (Å²) in [6, 6.07) is 13.4. The first kappa shape index (κ1) is 23.5. The molecule has 0 radical (unpaired) electrons. The standard InChI is InChI=1S/C27H26F2N2O3S/c28-19-4-3-5-20(14-19)34-17-24-22-11-13-35-25(22)10-12-31(24)26(32)16-30(15-18-8-9-18)27(33)21-6-1-2-7-23(21)29/h1-7,11,13-14,18,24H,8-10,12,15-17H2/t24-/m1/s1. The topological polar surface area (TPSA) is 49.9 Å². The zero-order chi connectivity index (χ0) is 24.4. The molecule has 5 nitrogen and oxygen atoms in total. The quantitative estimate of drug-likeness (QED) is 0.437. The minimum Gasteiger partial charge on any atom is -0.491 e. The number of halogens is 2. The number of carbonyl (C=O) groups excluding carboxylic acids is 2. The number of nitrogens with zero attached hydrogens (tertiary/aromatic N) is 2. The third kappa shape index (κ3) is 5.37. The highest BCUT2D eigenvalue weighted by Crippen LogP contribution is 2.35. The zero-order valence-electron chi connectivity index (χ0n) is 19.2. The van der Waals surface area contributed by atoms with Crippen LogP contribution in [0.3, 0.4) is 0 Å². The molecule has 0 bridgehead atoms. The zero-order valence-corrected chi connectivity index (χ0v) is 20.0. The predicted octanol–water partition coefficient (Wildman–Crippen LogP) is 5.08. The van der Waals surface area contributed by atoms with E-state index in [1.165, 1.54) is 40.1 Å². The fourth-order valence-electron chi connectivity index (χ4n) is 4.50. The molecule has 8 heteroatoms. The van der Waals surface area contributed by atoms with Crippen LogP contribution >= 0.6 is 11.3 Å². The van der Waals surface area contributed by atoms with Gasteiger partial charge in [0.2, 0.25) is 5.91 Å². The highest BCUT2D eigenvalue weighted by molar-refractivity contribution is 7.10. The van der Waals surface area contributed by atoms with Crippen LogP contribution in [0, 0.1) is 17.6 Å². The van der Waals surface area contributed by atoms with Crippen LogP contribution in [0.15, 0.2) is 60.0 Å².